The summed E-state index contributed by atoms with van der Waals surface area (Å²) < 4.78 is 2.70. The Balaban J connectivity index is 1.74. The summed E-state index contributed by atoms with van der Waals surface area (Å²) in [6.45, 7) is 0. The third-order valence-corrected chi connectivity index (χ3v) is 6.82. The van der Waals surface area contributed by atoms with Crippen LogP contribution in [-0.4, -0.2) is 25.4 Å². The molecule has 2 aromatic heterocycles. The highest BCUT2D eigenvalue weighted by molar-refractivity contribution is 9.10. The van der Waals surface area contributed by atoms with Crippen molar-refractivity contribution in [3.63, 3.8) is 0 Å². The molecule has 0 saturated heterocycles. The number of nitrogens with zero attached hydrogens (tertiary/aromatic N) is 3. The van der Waals surface area contributed by atoms with E-state index in [9.17, 15) is 9.90 Å². The van der Waals surface area contributed by atoms with Crippen molar-refractivity contribution in [3.8, 4) is 0 Å². The number of aliphatic carboxylic acids is 1. The van der Waals surface area contributed by atoms with E-state index in [-0.39, 0.29) is 5.41 Å². The molecule has 4 atom stereocenters. The lowest BCUT2D eigenvalue weighted by molar-refractivity contribution is -0.149. The van der Waals surface area contributed by atoms with Gasteiger partial charge >= 0.3 is 5.97 Å². The van der Waals surface area contributed by atoms with Crippen LogP contribution in [0.1, 0.15) is 31.5 Å². The lowest BCUT2D eigenvalue weighted by Crippen LogP contribution is -2.29. The second-order valence-electron chi connectivity index (χ2n) is 7.00. The van der Waals surface area contributed by atoms with Crippen LogP contribution in [0.3, 0.4) is 0 Å². The highest BCUT2D eigenvalue weighted by Crippen LogP contribution is 2.77. The van der Waals surface area contributed by atoms with Gasteiger partial charge in [-0.05, 0) is 53.4 Å². The van der Waals surface area contributed by atoms with Crippen molar-refractivity contribution >= 4 is 33.2 Å². The highest BCUT2D eigenvalue weighted by Gasteiger charge is 2.77. The second-order valence-corrected chi connectivity index (χ2v) is 7.75. The highest BCUT2D eigenvalue weighted by atomic mass is 79.9. The molecule has 22 heavy (non-hydrogen) atoms. The molecular formula is C15H15BrN4O2. The van der Waals surface area contributed by atoms with Crippen LogP contribution < -0.4 is 5.73 Å². The number of halogens is 1. The third kappa shape index (κ3) is 1.22. The fourth-order valence-electron chi connectivity index (χ4n) is 5.30. The smallest absolute Gasteiger partial charge is 0.309 e. The number of rotatable bonds is 2. The van der Waals surface area contributed by atoms with E-state index < -0.39 is 11.4 Å². The minimum Gasteiger partial charge on any atom is -0.481 e. The van der Waals surface area contributed by atoms with E-state index in [0.717, 1.165) is 30.6 Å². The summed E-state index contributed by atoms with van der Waals surface area (Å²) in [5.41, 5.74) is 6.12. The molecule has 2 bridgehead atoms. The second kappa shape index (κ2) is 3.64. The van der Waals surface area contributed by atoms with E-state index in [4.69, 9.17) is 10.7 Å². The summed E-state index contributed by atoms with van der Waals surface area (Å²) >= 11 is 3.49. The molecule has 4 unspecified atom stereocenters. The van der Waals surface area contributed by atoms with Crippen molar-refractivity contribution in [1.29, 1.82) is 0 Å². The Bertz CT molecular complexity index is 849. The average molecular weight is 363 g/mol. The summed E-state index contributed by atoms with van der Waals surface area (Å²) in [5, 5.41) is 9.74. The van der Waals surface area contributed by atoms with E-state index >= 15 is 0 Å². The standard InChI is InChI=1S/C15H15BrN4O2/c16-10-9-11(17)18-3-4-20(9)12(19-10)14-1-2-15(6-14,13(21)22)8-5-7(8)14/h3-4,7-8H,1-2,5-6H2,(H2,17,18)(H,21,22). The Hall–Kier alpha value is -1.63. The molecule has 0 amide bonds. The van der Waals surface area contributed by atoms with Crippen LogP contribution in [0.15, 0.2) is 17.0 Å². The first kappa shape index (κ1) is 12.9. The van der Waals surface area contributed by atoms with Crippen LogP contribution >= 0.6 is 15.9 Å². The molecule has 6 nitrogen and oxygen atoms in total. The number of anilines is 1. The maximum atomic E-state index is 11.8. The molecule has 3 aliphatic rings. The fraction of sp³-hybridized carbons (Fsp3) is 0.533. The van der Waals surface area contributed by atoms with E-state index in [1.165, 1.54) is 0 Å². The number of fused-ring (bicyclic) bond motifs is 6. The number of hydrogen-bond donors (Lipinski definition) is 2. The number of carboxylic acids is 1. The zero-order valence-corrected chi connectivity index (χ0v) is 13.4. The molecule has 0 spiro atoms. The van der Waals surface area contributed by atoms with Gasteiger partial charge in [-0.2, -0.15) is 0 Å². The zero-order chi connectivity index (χ0) is 15.3. The molecule has 3 fully saturated rings. The van der Waals surface area contributed by atoms with E-state index in [1.54, 1.807) is 6.20 Å². The average Bonchev–Trinajstić information content (AvgIpc) is 3.00. The molecule has 2 aromatic rings. The first-order valence-corrected chi connectivity index (χ1v) is 8.31. The van der Waals surface area contributed by atoms with Gasteiger partial charge < -0.3 is 10.8 Å². The molecule has 3 aliphatic carbocycles. The third-order valence-electron chi connectivity index (χ3n) is 6.27. The summed E-state index contributed by atoms with van der Waals surface area (Å²) in [4.78, 5) is 20.7. The van der Waals surface area contributed by atoms with Crippen molar-refractivity contribution in [2.75, 3.05) is 5.73 Å². The van der Waals surface area contributed by atoms with Crippen molar-refractivity contribution in [2.24, 2.45) is 17.3 Å². The van der Waals surface area contributed by atoms with Crippen molar-refractivity contribution in [1.82, 2.24) is 14.4 Å². The lowest BCUT2D eigenvalue weighted by Gasteiger charge is -2.26. The molecule has 3 saturated carbocycles. The van der Waals surface area contributed by atoms with Gasteiger partial charge in [-0.15, -0.1) is 0 Å². The van der Waals surface area contributed by atoms with Crippen LogP contribution in [-0.2, 0) is 10.2 Å². The molecule has 114 valence electrons. The van der Waals surface area contributed by atoms with Gasteiger partial charge in [0.1, 0.15) is 15.9 Å². The van der Waals surface area contributed by atoms with Gasteiger partial charge in [-0.25, -0.2) is 9.97 Å². The predicted octanol–water partition coefficient (Wildman–Crippen LogP) is 2.22. The van der Waals surface area contributed by atoms with Crippen molar-refractivity contribution in [3.05, 3.63) is 22.8 Å². The number of nitrogen functional groups attached to an aromatic ring is 1. The van der Waals surface area contributed by atoms with Crippen LogP contribution in [0.2, 0.25) is 0 Å². The molecule has 7 heteroatoms. The Morgan fingerprint density at radius 1 is 1.45 bits per heavy atom. The van der Waals surface area contributed by atoms with E-state index in [1.807, 2.05) is 10.6 Å². The van der Waals surface area contributed by atoms with Gasteiger partial charge in [0.2, 0.25) is 0 Å². The van der Waals surface area contributed by atoms with Gasteiger partial charge in [0.25, 0.3) is 0 Å². The molecular weight excluding hydrogens is 348 g/mol. The molecule has 2 heterocycles. The van der Waals surface area contributed by atoms with Crippen LogP contribution in [0.5, 0.6) is 0 Å². The monoisotopic (exact) mass is 362 g/mol. The number of nitrogens with two attached hydrogens (primary N) is 1. The minimum atomic E-state index is -0.625. The Morgan fingerprint density at radius 3 is 3.00 bits per heavy atom. The quantitative estimate of drug-likeness (QED) is 0.853. The van der Waals surface area contributed by atoms with Gasteiger partial charge in [0.05, 0.1) is 5.41 Å². The summed E-state index contributed by atoms with van der Waals surface area (Å²) in [6.07, 6.45) is 6.93. The van der Waals surface area contributed by atoms with Crippen molar-refractivity contribution < 1.29 is 9.90 Å². The van der Waals surface area contributed by atoms with Gasteiger partial charge in [0.15, 0.2) is 5.82 Å². The normalized spacial score (nSPS) is 38.4. The van der Waals surface area contributed by atoms with E-state index in [0.29, 0.717) is 28.7 Å². The fourth-order valence-corrected chi connectivity index (χ4v) is 5.87. The predicted molar refractivity (Wildman–Crippen MR) is 82.3 cm³/mol. The van der Waals surface area contributed by atoms with Crippen LogP contribution in [0.25, 0.3) is 5.52 Å². The van der Waals surface area contributed by atoms with Crippen LogP contribution in [0.4, 0.5) is 5.82 Å². The van der Waals surface area contributed by atoms with Gasteiger partial charge in [0, 0.05) is 17.8 Å². The number of hydrogen-bond acceptors (Lipinski definition) is 4. The largest absolute Gasteiger partial charge is 0.481 e. The first-order valence-electron chi connectivity index (χ1n) is 7.51. The SMILES string of the molecule is Nc1nccn2c(C34CCC(C(=O)O)(C3)C3CC34)nc(Br)c12. The van der Waals surface area contributed by atoms with E-state index in [2.05, 4.69) is 20.9 Å². The summed E-state index contributed by atoms with van der Waals surface area (Å²) in [7, 11) is 0. The Labute approximate surface area is 134 Å². The lowest BCUT2D eigenvalue weighted by atomic mass is 9.81. The number of carbonyl (C=O) groups is 1. The van der Waals surface area contributed by atoms with Crippen molar-refractivity contribution in [2.45, 2.75) is 31.1 Å². The minimum absolute atomic E-state index is 0.119. The molecule has 3 N–H and O–H groups in total. The zero-order valence-electron chi connectivity index (χ0n) is 11.8. The van der Waals surface area contributed by atoms with Gasteiger partial charge in [-0.1, -0.05) is 0 Å². The number of imidazole rings is 1. The number of carboxylic acid groups (broad SMARTS) is 1. The first-order chi connectivity index (χ1) is 10.5. The summed E-state index contributed by atoms with van der Waals surface area (Å²) in [5.74, 6) is 1.54. The molecule has 0 aliphatic heterocycles. The Kier molecular flexibility index (Phi) is 2.13. The maximum absolute atomic E-state index is 11.8. The van der Waals surface area contributed by atoms with Gasteiger partial charge in [-0.3, -0.25) is 9.20 Å². The number of aromatic nitrogens is 3. The Morgan fingerprint density at radius 2 is 2.27 bits per heavy atom. The topological polar surface area (TPSA) is 93.5 Å². The van der Waals surface area contributed by atoms with Crippen LogP contribution in [0, 0.1) is 17.3 Å². The molecule has 0 aromatic carbocycles. The maximum Gasteiger partial charge on any atom is 0.309 e. The molecule has 5 rings (SSSR count). The summed E-state index contributed by atoms with van der Waals surface area (Å²) in [6, 6.07) is 0. The molecule has 0 radical (unpaired) electrons.